The fraction of sp³-hybridized carbons (Fsp3) is 0.0741. The molecule has 1 aliphatic rings. The first-order valence-electron chi connectivity index (χ1n) is 10.7. The predicted molar refractivity (Wildman–Crippen MR) is 128 cm³/mol. The maximum absolute atomic E-state index is 13.0. The van der Waals surface area contributed by atoms with E-state index < -0.39 is 0 Å². The highest BCUT2D eigenvalue weighted by Crippen LogP contribution is 2.39. The van der Waals surface area contributed by atoms with Gasteiger partial charge >= 0.3 is 0 Å². The van der Waals surface area contributed by atoms with Crippen molar-refractivity contribution in [2.75, 3.05) is 10.2 Å². The molecule has 0 aliphatic carbocycles. The Morgan fingerprint density at radius 2 is 1.58 bits per heavy atom. The molecule has 4 aromatic carbocycles. The lowest BCUT2D eigenvalue weighted by Crippen LogP contribution is -2.26. The molecule has 0 atom stereocenters. The molecule has 1 heterocycles. The van der Waals surface area contributed by atoms with Crippen LogP contribution in [-0.4, -0.2) is 17.7 Å². The summed E-state index contributed by atoms with van der Waals surface area (Å²) in [5.74, 6) is -0.879. The average molecular weight is 435 g/mol. The van der Waals surface area contributed by atoms with Crippen LogP contribution in [0.4, 0.5) is 17.1 Å². The Morgan fingerprint density at radius 3 is 2.36 bits per heavy atom. The van der Waals surface area contributed by atoms with Crippen LogP contribution in [0.15, 0.2) is 91.0 Å². The van der Waals surface area contributed by atoms with Gasteiger partial charge in [0.1, 0.15) is 6.42 Å². The summed E-state index contributed by atoms with van der Waals surface area (Å²) in [6.07, 6.45) is -0.262. The van der Waals surface area contributed by atoms with E-state index in [0.29, 0.717) is 29.2 Å². The topological polar surface area (TPSA) is 78.5 Å². The van der Waals surface area contributed by atoms with Crippen molar-refractivity contribution < 1.29 is 14.4 Å². The quantitative estimate of drug-likeness (QED) is 0.453. The molecule has 33 heavy (non-hydrogen) atoms. The first kappa shape index (κ1) is 20.5. The second kappa shape index (κ2) is 8.59. The third kappa shape index (κ3) is 4.06. The van der Waals surface area contributed by atoms with Crippen LogP contribution in [0.2, 0.25) is 0 Å². The van der Waals surface area contributed by atoms with Crippen LogP contribution in [0.3, 0.4) is 0 Å². The van der Waals surface area contributed by atoms with Gasteiger partial charge in [0.15, 0.2) is 0 Å². The van der Waals surface area contributed by atoms with E-state index in [1.165, 1.54) is 4.90 Å². The van der Waals surface area contributed by atoms with Crippen molar-refractivity contribution in [3.05, 3.63) is 102 Å². The van der Waals surface area contributed by atoms with Gasteiger partial charge in [-0.1, -0.05) is 60.7 Å². The summed E-state index contributed by atoms with van der Waals surface area (Å²) >= 11 is 0. The molecule has 3 amide bonds. The van der Waals surface area contributed by atoms with Crippen LogP contribution < -0.4 is 15.5 Å². The highest BCUT2D eigenvalue weighted by molar-refractivity contribution is 6.21. The van der Waals surface area contributed by atoms with Crippen molar-refractivity contribution in [2.24, 2.45) is 0 Å². The standard InChI is InChI=1S/C27H21N3O3/c31-24-16-25(32)30(23-15-12-19-8-4-5-9-22(19)26(23)29-24)21-13-10-20(11-14-21)27(33)28-17-18-6-2-1-3-7-18/h1-15H,16-17H2,(H,28,33)(H,29,31). The lowest BCUT2D eigenvalue weighted by Gasteiger charge is -2.23. The zero-order valence-electron chi connectivity index (χ0n) is 17.7. The molecule has 5 rings (SSSR count). The number of anilines is 3. The minimum absolute atomic E-state index is 0.198. The van der Waals surface area contributed by atoms with Crippen molar-refractivity contribution >= 4 is 45.6 Å². The minimum Gasteiger partial charge on any atom is -0.348 e. The number of nitrogens with one attached hydrogen (secondary N) is 2. The third-order valence-corrected chi connectivity index (χ3v) is 5.66. The summed E-state index contributed by atoms with van der Waals surface area (Å²) < 4.78 is 0. The molecule has 0 aromatic heterocycles. The summed E-state index contributed by atoms with van der Waals surface area (Å²) in [7, 11) is 0. The molecule has 0 radical (unpaired) electrons. The third-order valence-electron chi connectivity index (χ3n) is 5.66. The first-order chi connectivity index (χ1) is 16.1. The molecule has 0 saturated heterocycles. The Kier molecular flexibility index (Phi) is 5.32. The van der Waals surface area contributed by atoms with Crippen LogP contribution in [0.25, 0.3) is 10.8 Å². The van der Waals surface area contributed by atoms with E-state index >= 15 is 0 Å². The molecule has 1 aliphatic heterocycles. The van der Waals surface area contributed by atoms with Gasteiger partial charge in [0.05, 0.1) is 11.4 Å². The largest absolute Gasteiger partial charge is 0.348 e. The SMILES string of the molecule is O=C1CC(=O)N(c2ccc(C(=O)NCc3ccccc3)cc2)c2ccc3ccccc3c2N1. The Balaban J connectivity index is 1.45. The van der Waals surface area contributed by atoms with Gasteiger partial charge in [0.25, 0.3) is 5.91 Å². The lowest BCUT2D eigenvalue weighted by atomic mass is 10.1. The van der Waals surface area contributed by atoms with Crippen LogP contribution in [0.5, 0.6) is 0 Å². The number of carbonyl (C=O) groups excluding carboxylic acids is 3. The zero-order valence-corrected chi connectivity index (χ0v) is 17.7. The predicted octanol–water partition coefficient (Wildman–Crippen LogP) is 4.78. The minimum atomic E-state index is -0.350. The molecule has 6 nitrogen and oxygen atoms in total. The van der Waals surface area contributed by atoms with Crippen LogP contribution in [-0.2, 0) is 16.1 Å². The van der Waals surface area contributed by atoms with Gasteiger partial charge < -0.3 is 10.6 Å². The van der Waals surface area contributed by atoms with Gasteiger partial charge in [-0.3, -0.25) is 19.3 Å². The molecule has 0 unspecified atom stereocenters. The number of nitrogens with zero attached hydrogens (tertiary/aromatic N) is 1. The molecular formula is C27H21N3O3. The first-order valence-corrected chi connectivity index (χ1v) is 10.7. The number of amides is 3. The molecule has 162 valence electrons. The fourth-order valence-corrected chi connectivity index (χ4v) is 4.04. The second-order valence-electron chi connectivity index (χ2n) is 7.85. The van der Waals surface area contributed by atoms with Gasteiger partial charge in [-0.05, 0) is 41.3 Å². The van der Waals surface area contributed by atoms with E-state index in [0.717, 1.165) is 16.3 Å². The lowest BCUT2D eigenvalue weighted by molar-refractivity contribution is -0.124. The average Bonchev–Trinajstić information content (AvgIpc) is 2.97. The molecule has 6 heteroatoms. The fourth-order valence-electron chi connectivity index (χ4n) is 4.04. The van der Waals surface area contributed by atoms with Crippen LogP contribution in [0.1, 0.15) is 22.3 Å². The maximum atomic E-state index is 13.0. The van der Waals surface area contributed by atoms with E-state index in [4.69, 9.17) is 0 Å². The Labute approximate surface area is 190 Å². The van der Waals surface area contributed by atoms with Crippen LogP contribution in [0, 0.1) is 0 Å². The number of rotatable bonds is 4. The van der Waals surface area contributed by atoms with Crippen molar-refractivity contribution in [1.29, 1.82) is 0 Å². The number of benzene rings is 4. The van der Waals surface area contributed by atoms with E-state index in [1.54, 1.807) is 24.3 Å². The van der Waals surface area contributed by atoms with E-state index in [-0.39, 0.29) is 24.1 Å². The Hall–Kier alpha value is -4.45. The smallest absolute Gasteiger partial charge is 0.251 e. The van der Waals surface area contributed by atoms with Gasteiger partial charge in [0, 0.05) is 23.2 Å². The summed E-state index contributed by atoms with van der Waals surface area (Å²) in [6.45, 7) is 0.431. The monoisotopic (exact) mass is 435 g/mol. The normalized spacial score (nSPS) is 13.3. The molecule has 0 bridgehead atoms. The summed E-state index contributed by atoms with van der Waals surface area (Å²) in [6, 6.07) is 28.0. The van der Waals surface area contributed by atoms with E-state index in [1.807, 2.05) is 66.7 Å². The zero-order chi connectivity index (χ0) is 22.8. The number of hydrogen-bond donors (Lipinski definition) is 2. The van der Waals surface area contributed by atoms with Gasteiger partial charge in [-0.15, -0.1) is 0 Å². The van der Waals surface area contributed by atoms with Crippen LogP contribution >= 0.6 is 0 Å². The molecule has 2 N–H and O–H groups in total. The van der Waals surface area contributed by atoms with Gasteiger partial charge in [-0.25, -0.2) is 0 Å². The Morgan fingerprint density at radius 1 is 0.848 bits per heavy atom. The van der Waals surface area contributed by atoms with Crippen molar-refractivity contribution in [3.63, 3.8) is 0 Å². The van der Waals surface area contributed by atoms with E-state index in [2.05, 4.69) is 10.6 Å². The molecule has 4 aromatic rings. The summed E-state index contributed by atoms with van der Waals surface area (Å²) in [5, 5.41) is 7.62. The summed E-state index contributed by atoms with van der Waals surface area (Å²) in [4.78, 5) is 39.5. The van der Waals surface area contributed by atoms with Crippen molar-refractivity contribution in [3.8, 4) is 0 Å². The van der Waals surface area contributed by atoms with Crippen molar-refractivity contribution in [2.45, 2.75) is 13.0 Å². The number of fused-ring (bicyclic) bond motifs is 3. The summed E-state index contributed by atoms with van der Waals surface area (Å²) in [5.41, 5.74) is 3.30. The molecule has 0 saturated carbocycles. The van der Waals surface area contributed by atoms with Crippen molar-refractivity contribution in [1.82, 2.24) is 5.32 Å². The highest BCUT2D eigenvalue weighted by Gasteiger charge is 2.28. The van der Waals surface area contributed by atoms with Gasteiger partial charge in [0.2, 0.25) is 11.8 Å². The molecular weight excluding hydrogens is 414 g/mol. The molecule has 0 spiro atoms. The number of carbonyl (C=O) groups is 3. The maximum Gasteiger partial charge on any atom is 0.251 e. The number of hydrogen-bond acceptors (Lipinski definition) is 3. The highest BCUT2D eigenvalue weighted by atomic mass is 16.2. The van der Waals surface area contributed by atoms with Gasteiger partial charge in [-0.2, -0.15) is 0 Å². The Bertz CT molecular complexity index is 1360. The van der Waals surface area contributed by atoms with E-state index in [9.17, 15) is 14.4 Å². The second-order valence-corrected chi connectivity index (χ2v) is 7.85. The molecule has 0 fully saturated rings.